The second kappa shape index (κ2) is 15.7. The van der Waals surface area contributed by atoms with Gasteiger partial charge in [-0.1, -0.05) is 78.2 Å². The third kappa shape index (κ3) is 18.4. The molecule has 0 radical (unpaired) electrons. The van der Waals surface area contributed by atoms with Crippen LogP contribution in [-0.2, 0) is 4.79 Å². The minimum absolute atomic E-state index is 0. The van der Waals surface area contributed by atoms with Gasteiger partial charge in [0.25, 0.3) is 0 Å². The van der Waals surface area contributed by atoms with Crippen molar-refractivity contribution in [3.05, 3.63) is 11.6 Å². The molecule has 0 aromatic heterocycles. The van der Waals surface area contributed by atoms with Gasteiger partial charge in [0.2, 0.25) is 0 Å². The average molecular weight is 333 g/mol. The van der Waals surface area contributed by atoms with E-state index in [1.807, 2.05) is 6.92 Å². The summed E-state index contributed by atoms with van der Waals surface area (Å²) in [6, 6.07) is 0. The van der Waals surface area contributed by atoms with E-state index in [0.29, 0.717) is 0 Å². The first-order valence-electron chi connectivity index (χ1n) is 9.19. The van der Waals surface area contributed by atoms with E-state index in [-0.39, 0.29) is 29.6 Å². The number of carbonyl (C=O) groups is 1. The van der Waals surface area contributed by atoms with Crippen LogP contribution in [0.1, 0.15) is 92.4 Å². The van der Waals surface area contributed by atoms with Crippen LogP contribution in [0.15, 0.2) is 11.6 Å². The topological polar surface area (TPSA) is 40.1 Å². The largest absolute Gasteiger partial charge is 1.00 e. The minimum Gasteiger partial charge on any atom is -0.545 e. The fraction of sp³-hybridized carbons (Fsp3) is 0.850. The Balaban J connectivity index is 0. The molecule has 0 unspecified atom stereocenters. The Kier molecular flexibility index (Phi) is 17.4. The summed E-state index contributed by atoms with van der Waals surface area (Å²) in [7, 11) is 0. The third-order valence-corrected chi connectivity index (χ3v) is 4.50. The number of rotatable bonds is 13. The molecule has 0 spiro atoms. The summed E-state index contributed by atoms with van der Waals surface area (Å²) in [6.45, 7) is 11.2. The van der Waals surface area contributed by atoms with Gasteiger partial charge in [-0.15, -0.1) is 0 Å². The Labute approximate surface area is 166 Å². The Morgan fingerprint density at radius 3 is 1.74 bits per heavy atom. The van der Waals surface area contributed by atoms with Crippen LogP contribution in [0.5, 0.6) is 0 Å². The van der Waals surface area contributed by atoms with Crippen LogP contribution >= 0.6 is 0 Å². The van der Waals surface area contributed by atoms with Crippen LogP contribution in [0.25, 0.3) is 0 Å². The van der Waals surface area contributed by atoms with Crippen molar-refractivity contribution in [1.82, 2.24) is 0 Å². The van der Waals surface area contributed by atoms with Gasteiger partial charge in [-0.3, -0.25) is 0 Å². The first-order chi connectivity index (χ1) is 10.3. The molecule has 2 atom stereocenters. The third-order valence-electron chi connectivity index (χ3n) is 4.50. The zero-order valence-corrected chi connectivity index (χ0v) is 18.5. The molecule has 0 fully saturated rings. The molecule has 0 rings (SSSR count). The average Bonchev–Trinajstić information content (AvgIpc) is 2.37. The first-order valence-corrected chi connectivity index (χ1v) is 9.19. The van der Waals surface area contributed by atoms with E-state index in [1.165, 1.54) is 51.0 Å². The van der Waals surface area contributed by atoms with Gasteiger partial charge in [0, 0.05) is 0 Å². The van der Waals surface area contributed by atoms with Crippen LogP contribution in [0.3, 0.4) is 0 Å². The van der Waals surface area contributed by atoms with Crippen molar-refractivity contribution < 1.29 is 39.5 Å². The number of carbonyl (C=O) groups excluding carboxylic acids is 1. The number of carboxylic acids is 1. The molecule has 0 bridgehead atoms. The molecule has 130 valence electrons. The van der Waals surface area contributed by atoms with Gasteiger partial charge in [-0.25, -0.2) is 0 Å². The Hall–Kier alpha value is 0.210. The van der Waals surface area contributed by atoms with E-state index in [0.717, 1.165) is 36.2 Å². The van der Waals surface area contributed by atoms with Gasteiger partial charge in [0.15, 0.2) is 0 Å². The molecule has 3 heteroatoms. The van der Waals surface area contributed by atoms with Gasteiger partial charge in [-0.2, -0.15) is 0 Å². The van der Waals surface area contributed by atoms with Crippen molar-refractivity contribution in [2.45, 2.75) is 92.4 Å². The van der Waals surface area contributed by atoms with E-state index < -0.39 is 5.97 Å². The SMILES string of the molecule is C/C(=C\C(=O)[O-])CCC[C@H](C)CCC[C@H](C)CCCC(C)C.[Na+]. The predicted molar refractivity (Wildman–Crippen MR) is 93.5 cm³/mol. The summed E-state index contributed by atoms with van der Waals surface area (Å²) >= 11 is 0. The Morgan fingerprint density at radius 1 is 0.870 bits per heavy atom. The number of allylic oxidation sites excluding steroid dienone is 1. The molecule has 0 aromatic carbocycles. The van der Waals surface area contributed by atoms with Gasteiger partial charge < -0.3 is 9.90 Å². The Bertz CT molecular complexity index is 324. The number of hydrogen-bond donors (Lipinski definition) is 0. The molecule has 0 amide bonds. The molecule has 0 aromatic rings. The Morgan fingerprint density at radius 2 is 1.30 bits per heavy atom. The number of carboxylic acid groups (broad SMARTS) is 1. The summed E-state index contributed by atoms with van der Waals surface area (Å²) in [5.41, 5.74) is 0.922. The van der Waals surface area contributed by atoms with Crippen LogP contribution in [0, 0.1) is 17.8 Å². The van der Waals surface area contributed by atoms with Crippen molar-refractivity contribution >= 4 is 5.97 Å². The van der Waals surface area contributed by atoms with Crippen LogP contribution in [0.4, 0.5) is 0 Å². The standard InChI is InChI=1S/C20H38O2.Na/c1-16(2)9-6-10-17(3)11-7-12-18(4)13-8-14-19(5)15-20(21)22;/h15-18H,6-14H2,1-5H3,(H,21,22);/q;+1/p-1/b19-15+;/t17-,18-;/m1./s1. The molecular formula is C20H37NaO2. The quantitative estimate of drug-likeness (QED) is 0.383. The van der Waals surface area contributed by atoms with Crippen LogP contribution in [-0.4, -0.2) is 5.97 Å². The van der Waals surface area contributed by atoms with Crippen molar-refractivity contribution in [3.63, 3.8) is 0 Å². The monoisotopic (exact) mass is 332 g/mol. The van der Waals surface area contributed by atoms with Gasteiger partial charge in [0.05, 0.1) is 5.97 Å². The molecule has 0 aliphatic heterocycles. The summed E-state index contributed by atoms with van der Waals surface area (Å²) in [4.78, 5) is 10.4. The fourth-order valence-corrected chi connectivity index (χ4v) is 2.98. The fourth-order valence-electron chi connectivity index (χ4n) is 2.98. The molecule has 2 nitrogen and oxygen atoms in total. The van der Waals surface area contributed by atoms with Crippen LogP contribution < -0.4 is 34.7 Å². The summed E-state index contributed by atoms with van der Waals surface area (Å²) in [6.07, 6.45) is 12.5. The second-order valence-corrected chi connectivity index (χ2v) is 7.67. The smallest absolute Gasteiger partial charge is 0.545 e. The zero-order valence-electron chi connectivity index (χ0n) is 16.5. The van der Waals surface area contributed by atoms with Crippen molar-refractivity contribution in [2.24, 2.45) is 17.8 Å². The molecule has 23 heavy (non-hydrogen) atoms. The zero-order chi connectivity index (χ0) is 17.0. The van der Waals surface area contributed by atoms with Crippen LogP contribution in [0.2, 0.25) is 0 Å². The molecular weight excluding hydrogens is 295 g/mol. The summed E-state index contributed by atoms with van der Waals surface area (Å²) in [5, 5.41) is 10.4. The molecule has 0 aliphatic rings. The van der Waals surface area contributed by atoms with E-state index in [2.05, 4.69) is 27.7 Å². The molecule has 0 saturated heterocycles. The van der Waals surface area contributed by atoms with E-state index in [1.54, 1.807) is 0 Å². The van der Waals surface area contributed by atoms with Gasteiger partial charge >= 0.3 is 29.6 Å². The van der Waals surface area contributed by atoms with E-state index in [4.69, 9.17) is 0 Å². The maximum atomic E-state index is 10.4. The van der Waals surface area contributed by atoms with Gasteiger partial charge in [0.1, 0.15) is 0 Å². The number of hydrogen-bond acceptors (Lipinski definition) is 2. The normalized spacial score (nSPS) is 14.4. The summed E-state index contributed by atoms with van der Waals surface area (Å²) in [5.74, 6) is 1.37. The number of aliphatic carboxylic acids is 1. The first kappa shape index (κ1) is 25.5. The van der Waals surface area contributed by atoms with Crippen molar-refractivity contribution in [3.8, 4) is 0 Å². The maximum Gasteiger partial charge on any atom is 1.00 e. The van der Waals surface area contributed by atoms with Crippen molar-refractivity contribution in [2.75, 3.05) is 0 Å². The van der Waals surface area contributed by atoms with E-state index in [9.17, 15) is 9.90 Å². The van der Waals surface area contributed by atoms with E-state index >= 15 is 0 Å². The van der Waals surface area contributed by atoms with Gasteiger partial charge in [-0.05, 0) is 43.6 Å². The second-order valence-electron chi connectivity index (χ2n) is 7.67. The molecule has 0 aliphatic carbocycles. The van der Waals surface area contributed by atoms with Crippen molar-refractivity contribution in [1.29, 1.82) is 0 Å². The predicted octanol–water partition coefficient (Wildman–Crippen LogP) is 2.13. The molecule has 0 saturated carbocycles. The minimum atomic E-state index is -1.07. The maximum absolute atomic E-state index is 10.4. The molecule has 0 N–H and O–H groups in total. The summed E-state index contributed by atoms with van der Waals surface area (Å²) < 4.78 is 0. The molecule has 0 heterocycles.